The number of methoxy groups -OCH3 is 1. The maximum atomic E-state index is 12.3. The summed E-state index contributed by atoms with van der Waals surface area (Å²) in [6.07, 6.45) is -1.08. The average Bonchev–Trinajstić information content (AvgIpc) is 2.67. The number of fused-ring (bicyclic) bond motifs is 1. The molecule has 1 heterocycles. The third-order valence-electron chi connectivity index (χ3n) is 3.89. The summed E-state index contributed by atoms with van der Waals surface area (Å²) < 4.78 is 21.0. The average molecular weight is 373 g/mol. The van der Waals surface area contributed by atoms with Crippen LogP contribution < -0.4 is 19.5 Å². The molecule has 0 aromatic heterocycles. The van der Waals surface area contributed by atoms with Gasteiger partial charge in [-0.25, -0.2) is 4.79 Å². The van der Waals surface area contributed by atoms with E-state index in [1.165, 1.54) is 32.2 Å². The molecule has 2 aromatic carbocycles. The number of ether oxygens (including phenoxy) is 4. The summed E-state index contributed by atoms with van der Waals surface area (Å²) in [5.74, 6) is -0.0965. The maximum Gasteiger partial charge on any atom is 0.342 e. The number of hydrogen-bond acceptors (Lipinski definition) is 7. The number of rotatable bonds is 5. The fourth-order valence-corrected chi connectivity index (χ4v) is 2.45. The Morgan fingerprint density at radius 2 is 1.85 bits per heavy atom. The molecule has 142 valence electrons. The zero-order valence-corrected chi connectivity index (χ0v) is 14.9. The van der Waals surface area contributed by atoms with Gasteiger partial charge in [-0.3, -0.25) is 4.79 Å². The van der Waals surface area contributed by atoms with Gasteiger partial charge in [-0.15, -0.1) is 0 Å². The van der Waals surface area contributed by atoms with E-state index in [0.29, 0.717) is 36.1 Å². The van der Waals surface area contributed by atoms with E-state index in [-0.39, 0.29) is 11.3 Å². The molecule has 0 spiro atoms. The van der Waals surface area contributed by atoms with Gasteiger partial charge in [-0.2, -0.15) is 0 Å². The van der Waals surface area contributed by atoms with Crippen molar-refractivity contribution in [1.29, 1.82) is 0 Å². The van der Waals surface area contributed by atoms with Gasteiger partial charge < -0.3 is 29.4 Å². The number of esters is 1. The number of hydrogen-bond donors (Lipinski definition) is 2. The first-order chi connectivity index (χ1) is 13.0. The Morgan fingerprint density at radius 1 is 1.11 bits per heavy atom. The summed E-state index contributed by atoms with van der Waals surface area (Å²) in [4.78, 5) is 24.5. The Balaban J connectivity index is 1.63. The predicted octanol–water partition coefficient (Wildman–Crippen LogP) is 2.36. The van der Waals surface area contributed by atoms with Crippen molar-refractivity contribution in [3.63, 3.8) is 0 Å². The Kier molecular flexibility index (Phi) is 5.35. The number of phenolic OH excluding ortho intramolecular Hbond substituents is 1. The molecule has 8 nitrogen and oxygen atoms in total. The molecular formula is C19H19NO7. The first kappa shape index (κ1) is 18.4. The fraction of sp³-hybridized carbons (Fsp3) is 0.263. The van der Waals surface area contributed by atoms with Crippen LogP contribution in [0.4, 0.5) is 5.69 Å². The van der Waals surface area contributed by atoms with E-state index in [2.05, 4.69) is 5.32 Å². The molecule has 0 fully saturated rings. The first-order valence-corrected chi connectivity index (χ1v) is 8.26. The highest BCUT2D eigenvalue weighted by Gasteiger charge is 2.22. The van der Waals surface area contributed by atoms with E-state index >= 15 is 0 Å². The van der Waals surface area contributed by atoms with Gasteiger partial charge in [0.15, 0.2) is 17.6 Å². The summed E-state index contributed by atoms with van der Waals surface area (Å²) in [5, 5.41) is 12.5. The van der Waals surface area contributed by atoms with Gasteiger partial charge in [0.05, 0.1) is 7.11 Å². The van der Waals surface area contributed by atoms with Gasteiger partial charge in [0, 0.05) is 17.8 Å². The van der Waals surface area contributed by atoms with Crippen molar-refractivity contribution in [2.45, 2.75) is 13.0 Å². The Morgan fingerprint density at radius 3 is 2.56 bits per heavy atom. The lowest BCUT2D eigenvalue weighted by Gasteiger charge is -2.19. The zero-order valence-electron chi connectivity index (χ0n) is 14.9. The Bertz CT molecular complexity index is 865. The zero-order chi connectivity index (χ0) is 19.4. The van der Waals surface area contributed by atoms with Crippen molar-refractivity contribution in [2.24, 2.45) is 0 Å². The highest BCUT2D eigenvalue weighted by Crippen LogP contribution is 2.32. The Labute approximate surface area is 155 Å². The molecule has 0 bridgehead atoms. The minimum absolute atomic E-state index is 0.0604. The molecule has 0 saturated heterocycles. The van der Waals surface area contributed by atoms with Crippen molar-refractivity contribution in [1.82, 2.24) is 0 Å². The van der Waals surface area contributed by atoms with Crippen LogP contribution in [0.3, 0.4) is 0 Å². The lowest BCUT2D eigenvalue weighted by Crippen LogP contribution is -2.30. The number of phenols is 1. The van der Waals surface area contributed by atoms with E-state index in [1.807, 2.05) is 0 Å². The van der Waals surface area contributed by atoms with Crippen LogP contribution in [0.5, 0.6) is 23.0 Å². The number of carbonyl (C=O) groups excluding carboxylic acids is 2. The molecule has 27 heavy (non-hydrogen) atoms. The molecule has 2 aromatic rings. The molecule has 1 aliphatic heterocycles. The van der Waals surface area contributed by atoms with Crippen molar-refractivity contribution >= 4 is 17.6 Å². The second kappa shape index (κ2) is 7.86. The number of benzene rings is 2. The molecule has 1 aliphatic rings. The van der Waals surface area contributed by atoms with Gasteiger partial charge in [0.1, 0.15) is 30.3 Å². The van der Waals surface area contributed by atoms with Crippen molar-refractivity contribution in [3.8, 4) is 23.0 Å². The topological polar surface area (TPSA) is 103 Å². The Hall–Kier alpha value is -3.42. The third kappa shape index (κ3) is 4.22. The standard InChI is InChI=1S/C19H19NO7/c1-11(27-19(23)14-5-4-13(24-2)10-15(14)21)18(22)20-12-3-6-16-17(9-12)26-8-7-25-16/h3-6,9-11,21H,7-8H2,1-2H3,(H,20,22)/t11-/m0/s1. The van der Waals surface area contributed by atoms with Gasteiger partial charge in [-0.1, -0.05) is 0 Å². The van der Waals surface area contributed by atoms with E-state index in [1.54, 1.807) is 18.2 Å². The van der Waals surface area contributed by atoms with E-state index in [0.717, 1.165) is 0 Å². The van der Waals surface area contributed by atoms with Crippen molar-refractivity contribution in [3.05, 3.63) is 42.0 Å². The fourth-order valence-electron chi connectivity index (χ4n) is 2.45. The second-order valence-electron chi connectivity index (χ2n) is 5.78. The monoisotopic (exact) mass is 373 g/mol. The largest absolute Gasteiger partial charge is 0.507 e. The minimum atomic E-state index is -1.08. The second-order valence-corrected chi connectivity index (χ2v) is 5.78. The number of aromatic hydroxyl groups is 1. The molecule has 2 N–H and O–H groups in total. The van der Waals surface area contributed by atoms with Gasteiger partial charge >= 0.3 is 5.97 Å². The smallest absolute Gasteiger partial charge is 0.342 e. The summed E-state index contributed by atoms with van der Waals surface area (Å²) in [5.41, 5.74) is 0.425. The van der Waals surface area contributed by atoms with Crippen molar-refractivity contribution < 1.29 is 33.6 Å². The van der Waals surface area contributed by atoms with Crippen LogP contribution in [0, 0.1) is 0 Å². The van der Waals surface area contributed by atoms with E-state index < -0.39 is 18.0 Å². The van der Waals surface area contributed by atoms with Crippen LogP contribution in [-0.4, -0.2) is 43.4 Å². The lowest BCUT2D eigenvalue weighted by molar-refractivity contribution is -0.123. The molecule has 1 amide bonds. The van der Waals surface area contributed by atoms with Gasteiger partial charge in [-0.05, 0) is 31.2 Å². The molecule has 0 unspecified atom stereocenters. The quantitative estimate of drug-likeness (QED) is 0.776. The van der Waals surface area contributed by atoms with Crippen molar-refractivity contribution in [2.75, 3.05) is 25.6 Å². The number of amides is 1. The van der Waals surface area contributed by atoms with Crippen LogP contribution in [0.2, 0.25) is 0 Å². The van der Waals surface area contributed by atoms with Crippen LogP contribution >= 0.6 is 0 Å². The first-order valence-electron chi connectivity index (χ1n) is 8.26. The summed E-state index contributed by atoms with van der Waals surface area (Å²) >= 11 is 0. The van der Waals surface area contributed by atoms with Crippen LogP contribution in [0.15, 0.2) is 36.4 Å². The molecule has 3 rings (SSSR count). The van der Waals surface area contributed by atoms with E-state index in [4.69, 9.17) is 18.9 Å². The normalized spacial score (nSPS) is 13.4. The highest BCUT2D eigenvalue weighted by atomic mass is 16.6. The number of carbonyl (C=O) groups is 2. The maximum absolute atomic E-state index is 12.3. The molecule has 1 atom stereocenters. The highest BCUT2D eigenvalue weighted by molar-refractivity contribution is 5.98. The molecule has 8 heteroatoms. The third-order valence-corrected chi connectivity index (χ3v) is 3.89. The lowest BCUT2D eigenvalue weighted by atomic mass is 10.2. The molecular weight excluding hydrogens is 354 g/mol. The van der Waals surface area contributed by atoms with Crippen LogP contribution in [0.25, 0.3) is 0 Å². The molecule has 0 aliphatic carbocycles. The van der Waals surface area contributed by atoms with Crippen LogP contribution in [-0.2, 0) is 9.53 Å². The molecule has 0 radical (unpaired) electrons. The summed E-state index contributed by atoms with van der Waals surface area (Å²) in [6, 6.07) is 9.15. The number of nitrogens with one attached hydrogen (secondary N) is 1. The minimum Gasteiger partial charge on any atom is -0.507 e. The summed E-state index contributed by atoms with van der Waals surface area (Å²) in [6.45, 7) is 2.35. The SMILES string of the molecule is COc1ccc(C(=O)O[C@@H](C)C(=O)Nc2ccc3c(c2)OCCO3)c(O)c1. The predicted molar refractivity (Wildman–Crippen MR) is 95.6 cm³/mol. The summed E-state index contributed by atoms with van der Waals surface area (Å²) in [7, 11) is 1.44. The van der Waals surface area contributed by atoms with Gasteiger partial charge in [0.25, 0.3) is 5.91 Å². The molecule has 0 saturated carbocycles. The number of anilines is 1. The van der Waals surface area contributed by atoms with Crippen LogP contribution in [0.1, 0.15) is 17.3 Å². The van der Waals surface area contributed by atoms with E-state index in [9.17, 15) is 14.7 Å². The van der Waals surface area contributed by atoms with Gasteiger partial charge in [0.2, 0.25) is 0 Å².